The lowest BCUT2D eigenvalue weighted by Gasteiger charge is -2.35. The van der Waals surface area contributed by atoms with Crippen molar-refractivity contribution in [1.29, 1.82) is 0 Å². The van der Waals surface area contributed by atoms with Crippen LogP contribution in [0.25, 0.3) is 10.9 Å². The number of amides is 4. The van der Waals surface area contributed by atoms with Crippen LogP contribution in [0.4, 0.5) is 4.79 Å². The Kier molecular flexibility index (Phi) is 11.8. The van der Waals surface area contributed by atoms with Crippen LogP contribution in [0, 0.1) is 17.3 Å². The molecule has 0 radical (unpaired) electrons. The van der Waals surface area contributed by atoms with Gasteiger partial charge in [0.1, 0.15) is 35.2 Å². The van der Waals surface area contributed by atoms with Gasteiger partial charge in [0.2, 0.25) is 21.8 Å². The van der Waals surface area contributed by atoms with Crippen molar-refractivity contribution in [2.75, 3.05) is 20.3 Å². The molecule has 3 aliphatic carbocycles. The summed E-state index contributed by atoms with van der Waals surface area (Å²) in [7, 11) is -2.28. The van der Waals surface area contributed by atoms with E-state index in [1.807, 2.05) is 32.0 Å². The van der Waals surface area contributed by atoms with Crippen LogP contribution in [0.15, 0.2) is 43.5 Å². The summed E-state index contributed by atoms with van der Waals surface area (Å²) in [6.07, 6.45) is 9.99. The number of methoxy groups -OCH3 is 1. The van der Waals surface area contributed by atoms with Crippen LogP contribution in [0.2, 0.25) is 0 Å². The predicted octanol–water partition coefficient (Wildman–Crippen LogP) is 5.03. The Morgan fingerprint density at radius 1 is 1.09 bits per heavy atom. The SMILES string of the molecule is C=CCc1cc2c3cc(c(OC)cc3n1)CCCC(C)(C)COC(=O)N[C@@H](C1CCCCC1)C(=O)N1C[C@@H](C[C@H]1C(=O)NC1(C(=O)NS(=O)(=O)C3CC3)C[C@H]1C=C)O2. The number of carbonyl (C=O) groups is 4. The van der Waals surface area contributed by atoms with E-state index in [-0.39, 0.29) is 37.3 Å². The lowest BCUT2D eigenvalue weighted by molar-refractivity contribution is -0.142. The molecule has 314 valence electrons. The molecule has 3 heterocycles. The topological polar surface area (TPSA) is 182 Å². The molecule has 4 bridgehead atoms. The normalized spacial score (nSPS) is 27.9. The summed E-state index contributed by atoms with van der Waals surface area (Å²) in [6.45, 7) is 11.9. The minimum atomic E-state index is -3.91. The average Bonchev–Trinajstić information content (AvgIpc) is 4.12. The molecule has 0 spiro atoms. The minimum Gasteiger partial charge on any atom is -0.496 e. The molecule has 2 aromatic rings. The standard InChI is InChI=1S/C43H57N5O9S/c1-6-12-29-20-36-32-19-27(35(55-5)22-33(32)44-29)15-11-18-42(3,4)25-56-41(52)45-37(26-13-9-8-10-14-26)39(50)48-24-30(57-36)21-34(48)38(49)46-43(23-28(43)7-2)40(51)47-58(53,54)31-16-17-31/h6-7,19-20,22,26,28,30-31,34,37H,1-2,8-18,21,23-25H2,3-5H3,(H,45,52)(H,46,49)(H,47,51)/t28-,30-,34+,37+,43?/m1/s1. The largest absolute Gasteiger partial charge is 0.496 e. The van der Waals surface area contributed by atoms with E-state index in [4.69, 9.17) is 19.2 Å². The van der Waals surface area contributed by atoms with Crippen LogP contribution in [-0.2, 0) is 42.0 Å². The molecule has 58 heavy (non-hydrogen) atoms. The molecule has 15 heteroatoms. The molecule has 5 aliphatic rings. The monoisotopic (exact) mass is 819 g/mol. The van der Waals surface area contributed by atoms with Gasteiger partial charge in [-0.15, -0.1) is 13.2 Å². The van der Waals surface area contributed by atoms with Gasteiger partial charge in [0, 0.05) is 42.0 Å². The summed E-state index contributed by atoms with van der Waals surface area (Å²) >= 11 is 0. The van der Waals surface area contributed by atoms with Crippen LogP contribution >= 0.6 is 0 Å². The van der Waals surface area contributed by atoms with Gasteiger partial charge < -0.3 is 29.7 Å². The number of alkyl carbamates (subject to hydrolysis) is 1. The van der Waals surface area contributed by atoms with Crippen molar-refractivity contribution in [3.63, 3.8) is 0 Å². The second-order valence-electron chi connectivity index (χ2n) is 17.6. The molecule has 5 atom stereocenters. The van der Waals surface area contributed by atoms with Crippen LogP contribution in [0.3, 0.4) is 0 Å². The summed E-state index contributed by atoms with van der Waals surface area (Å²) < 4.78 is 46.3. The first kappa shape index (κ1) is 41.5. The first-order valence-electron chi connectivity index (χ1n) is 20.7. The number of nitrogens with one attached hydrogen (secondary N) is 3. The molecule has 7 rings (SSSR count). The second kappa shape index (κ2) is 16.5. The molecule has 14 nitrogen and oxygen atoms in total. The van der Waals surface area contributed by atoms with Gasteiger partial charge in [-0.2, -0.15) is 0 Å². The number of aromatic nitrogens is 1. The molecule has 1 unspecified atom stereocenters. The van der Waals surface area contributed by atoms with Crippen molar-refractivity contribution in [2.24, 2.45) is 17.3 Å². The number of sulfonamides is 1. The molecule has 4 amide bonds. The van der Waals surface area contributed by atoms with Gasteiger partial charge in [0.15, 0.2) is 0 Å². The quantitative estimate of drug-likeness (QED) is 0.275. The van der Waals surface area contributed by atoms with Gasteiger partial charge in [-0.3, -0.25) is 24.1 Å². The fraction of sp³-hybridized carbons (Fsp3) is 0.605. The van der Waals surface area contributed by atoms with Gasteiger partial charge in [0.25, 0.3) is 5.91 Å². The number of pyridine rings is 1. The molecule has 1 saturated heterocycles. The third kappa shape index (κ3) is 8.84. The summed E-state index contributed by atoms with van der Waals surface area (Å²) in [4.78, 5) is 63.0. The molecule has 1 aromatic carbocycles. The smallest absolute Gasteiger partial charge is 0.407 e. The molecule has 1 aromatic heterocycles. The molecular weight excluding hydrogens is 763 g/mol. The highest BCUT2D eigenvalue weighted by atomic mass is 32.2. The summed E-state index contributed by atoms with van der Waals surface area (Å²) in [5.74, 6) is -1.37. The number of benzene rings is 1. The zero-order valence-corrected chi connectivity index (χ0v) is 34.7. The maximum Gasteiger partial charge on any atom is 0.407 e. The highest BCUT2D eigenvalue weighted by Crippen LogP contribution is 2.46. The van der Waals surface area contributed by atoms with Crippen molar-refractivity contribution < 1.29 is 41.8 Å². The zero-order chi connectivity index (χ0) is 41.4. The number of ether oxygens (including phenoxy) is 3. The number of hydrogen-bond acceptors (Lipinski definition) is 10. The highest BCUT2D eigenvalue weighted by molar-refractivity contribution is 7.91. The second-order valence-corrected chi connectivity index (χ2v) is 19.5. The van der Waals surface area contributed by atoms with E-state index >= 15 is 0 Å². The summed E-state index contributed by atoms with van der Waals surface area (Å²) in [5.41, 5.74) is 0.420. The number of nitrogens with zero attached hydrogens (tertiary/aromatic N) is 2. The third-order valence-corrected chi connectivity index (χ3v) is 14.3. The van der Waals surface area contributed by atoms with Gasteiger partial charge in [-0.1, -0.05) is 45.3 Å². The Hall–Kier alpha value is -4.66. The Bertz CT molecular complexity index is 2080. The maximum atomic E-state index is 14.9. The third-order valence-electron chi connectivity index (χ3n) is 12.5. The number of aryl methyl sites for hydroxylation is 1. The minimum absolute atomic E-state index is 0.00760. The van der Waals surface area contributed by atoms with Crippen LogP contribution in [-0.4, -0.2) is 91.4 Å². The molecule has 4 fully saturated rings. The fourth-order valence-corrected chi connectivity index (χ4v) is 10.3. The van der Waals surface area contributed by atoms with Crippen molar-refractivity contribution in [2.45, 2.75) is 126 Å². The van der Waals surface area contributed by atoms with Crippen LogP contribution in [0.1, 0.15) is 95.7 Å². The first-order valence-corrected chi connectivity index (χ1v) is 22.2. The molecular formula is C43H57N5O9S. The molecule has 3 saturated carbocycles. The van der Waals surface area contributed by atoms with Crippen molar-refractivity contribution in [1.82, 2.24) is 25.2 Å². The number of fused-ring (bicyclic) bond motifs is 3. The zero-order valence-electron chi connectivity index (χ0n) is 33.8. The van der Waals surface area contributed by atoms with Crippen molar-refractivity contribution in [3.8, 4) is 11.5 Å². The van der Waals surface area contributed by atoms with Crippen LogP contribution < -0.4 is 24.8 Å². The van der Waals surface area contributed by atoms with Crippen LogP contribution in [0.5, 0.6) is 11.5 Å². The van der Waals surface area contributed by atoms with Gasteiger partial charge in [-0.25, -0.2) is 13.2 Å². The van der Waals surface area contributed by atoms with Gasteiger partial charge >= 0.3 is 6.09 Å². The van der Waals surface area contributed by atoms with Crippen molar-refractivity contribution >= 4 is 44.7 Å². The number of cyclic esters (lactones) is 1. The first-order chi connectivity index (χ1) is 27.7. The van der Waals surface area contributed by atoms with Gasteiger partial charge in [-0.05, 0) is 74.3 Å². The highest BCUT2D eigenvalue weighted by Gasteiger charge is 2.62. The van der Waals surface area contributed by atoms with E-state index in [1.54, 1.807) is 13.2 Å². The summed E-state index contributed by atoms with van der Waals surface area (Å²) in [6, 6.07) is 3.70. The predicted molar refractivity (Wildman–Crippen MR) is 218 cm³/mol. The van der Waals surface area contributed by atoms with E-state index in [9.17, 15) is 27.6 Å². The fourth-order valence-electron chi connectivity index (χ4n) is 8.92. The summed E-state index contributed by atoms with van der Waals surface area (Å²) in [5, 5.41) is 5.89. The Labute approximate surface area is 340 Å². The van der Waals surface area contributed by atoms with E-state index in [0.29, 0.717) is 55.5 Å². The average molecular weight is 820 g/mol. The molecule has 3 N–H and O–H groups in total. The number of allylic oxidation sites excluding steroid dienone is 1. The number of carbonyl (C=O) groups excluding carboxylic acids is 4. The maximum absolute atomic E-state index is 14.9. The Morgan fingerprint density at radius 2 is 1.84 bits per heavy atom. The van der Waals surface area contributed by atoms with E-state index in [2.05, 4.69) is 28.5 Å². The lowest BCUT2D eigenvalue weighted by atomic mass is 9.83. The van der Waals surface area contributed by atoms with Gasteiger partial charge in [0.05, 0.1) is 31.0 Å². The Morgan fingerprint density at radius 3 is 2.52 bits per heavy atom. The lowest BCUT2D eigenvalue weighted by Crippen LogP contribution is -2.59. The van der Waals surface area contributed by atoms with E-state index in [0.717, 1.165) is 48.7 Å². The van der Waals surface area contributed by atoms with E-state index in [1.165, 1.54) is 11.0 Å². The van der Waals surface area contributed by atoms with E-state index < -0.39 is 68.7 Å². The number of rotatable bonds is 10. The Balaban J connectivity index is 1.27. The van der Waals surface area contributed by atoms with Crippen molar-refractivity contribution in [3.05, 3.63) is 54.8 Å². The molecule has 2 aliphatic heterocycles. The number of hydrogen-bond donors (Lipinski definition) is 3.